The molecule has 0 fully saturated rings. The van der Waals surface area contributed by atoms with Crippen molar-refractivity contribution in [2.75, 3.05) is 13.6 Å². The predicted molar refractivity (Wildman–Crippen MR) is 81.6 cm³/mol. The average Bonchev–Trinajstić information content (AvgIpc) is 2.44. The third kappa shape index (κ3) is 3.62. The van der Waals surface area contributed by atoms with Gasteiger partial charge in [-0.2, -0.15) is 0 Å². The van der Waals surface area contributed by atoms with Crippen LogP contribution in [-0.2, 0) is 6.54 Å². The van der Waals surface area contributed by atoms with E-state index >= 15 is 0 Å². The van der Waals surface area contributed by atoms with E-state index in [0.29, 0.717) is 13.1 Å². The zero-order valence-corrected chi connectivity index (χ0v) is 12.8. The Kier molecular flexibility index (Phi) is 5.23. The van der Waals surface area contributed by atoms with Crippen LogP contribution in [-0.4, -0.2) is 23.5 Å². The summed E-state index contributed by atoms with van der Waals surface area (Å²) in [6.45, 7) is 1.12. The zero-order chi connectivity index (χ0) is 14.5. The first kappa shape index (κ1) is 15.1. The van der Waals surface area contributed by atoms with Crippen molar-refractivity contribution in [3.63, 3.8) is 0 Å². The fourth-order valence-corrected chi connectivity index (χ4v) is 2.72. The van der Waals surface area contributed by atoms with Gasteiger partial charge in [0, 0.05) is 36.0 Å². The summed E-state index contributed by atoms with van der Waals surface area (Å²) in [7, 11) is 1.97. The second kappa shape index (κ2) is 6.92. The number of nitrogens with two attached hydrogens (primary N) is 1. The maximum absolute atomic E-state index is 13.4. The molecule has 0 aliphatic heterocycles. The second-order valence-corrected chi connectivity index (χ2v) is 5.55. The summed E-state index contributed by atoms with van der Waals surface area (Å²) in [6, 6.07) is 8.53. The van der Waals surface area contributed by atoms with Crippen molar-refractivity contribution >= 4 is 15.9 Å². The van der Waals surface area contributed by atoms with Crippen LogP contribution in [0.4, 0.5) is 4.39 Å². The lowest BCUT2D eigenvalue weighted by Gasteiger charge is -2.28. The summed E-state index contributed by atoms with van der Waals surface area (Å²) >= 11 is 3.46. The van der Waals surface area contributed by atoms with Crippen LogP contribution in [0.25, 0.3) is 0 Å². The molecule has 0 amide bonds. The summed E-state index contributed by atoms with van der Waals surface area (Å²) in [5.41, 5.74) is 7.84. The highest BCUT2D eigenvalue weighted by Gasteiger charge is 2.19. The van der Waals surface area contributed by atoms with Crippen LogP contribution in [0.3, 0.4) is 0 Å². The summed E-state index contributed by atoms with van der Waals surface area (Å²) in [5.74, 6) is -0.253. The van der Waals surface area contributed by atoms with Gasteiger partial charge in [0.05, 0.1) is 0 Å². The monoisotopic (exact) mass is 337 g/mol. The third-order valence-corrected chi connectivity index (χ3v) is 3.95. The van der Waals surface area contributed by atoms with Gasteiger partial charge >= 0.3 is 0 Å². The molecule has 2 aromatic rings. The number of aromatic nitrogens is 1. The van der Waals surface area contributed by atoms with Crippen LogP contribution in [0.2, 0.25) is 0 Å². The van der Waals surface area contributed by atoms with Crippen LogP contribution in [0.15, 0.2) is 47.2 Å². The maximum atomic E-state index is 13.4. The number of pyridine rings is 1. The quantitative estimate of drug-likeness (QED) is 0.911. The molecule has 2 N–H and O–H groups in total. The zero-order valence-electron chi connectivity index (χ0n) is 11.3. The van der Waals surface area contributed by atoms with Crippen LogP contribution >= 0.6 is 15.9 Å². The van der Waals surface area contributed by atoms with Gasteiger partial charge in [-0.05, 0) is 42.4 Å². The molecule has 3 nitrogen and oxygen atoms in total. The first-order chi connectivity index (χ1) is 9.61. The molecular weight excluding hydrogens is 321 g/mol. The van der Waals surface area contributed by atoms with Gasteiger partial charge < -0.3 is 5.73 Å². The average molecular weight is 338 g/mol. The highest BCUT2D eigenvalue weighted by Crippen LogP contribution is 2.28. The smallest absolute Gasteiger partial charge is 0.123 e. The lowest BCUT2D eigenvalue weighted by Crippen LogP contribution is -2.30. The van der Waals surface area contributed by atoms with Crippen LogP contribution in [0, 0.1) is 5.82 Å². The third-order valence-electron chi connectivity index (χ3n) is 3.23. The van der Waals surface area contributed by atoms with E-state index in [2.05, 4.69) is 25.8 Å². The second-order valence-electron chi connectivity index (χ2n) is 4.69. The fourth-order valence-electron chi connectivity index (χ4n) is 2.20. The van der Waals surface area contributed by atoms with Gasteiger partial charge in [0.15, 0.2) is 0 Å². The normalized spacial score (nSPS) is 12.7. The van der Waals surface area contributed by atoms with Crippen molar-refractivity contribution in [2.24, 2.45) is 5.73 Å². The van der Waals surface area contributed by atoms with Crippen LogP contribution in [0.1, 0.15) is 17.2 Å². The van der Waals surface area contributed by atoms with E-state index in [1.165, 1.54) is 12.1 Å². The van der Waals surface area contributed by atoms with Crippen molar-refractivity contribution in [3.8, 4) is 0 Å². The Labute approximate surface area is 126 Å². The van der Waals surface area contributed by atoms with E-state index in [1.54, 1.807) is 12.3 Å². The summed E-state index contributed by atoms with van der Waals surface area (Å²) in [6.07, 6.45) is 3.57. The number of rotatable bonds is 5. The standard InChI is InChI=1S/C15H17BrFN3/c1-20(10-11-3-2-6-19-9-11)15(8-18)13-7-12(17)4-5-14(13)16/h2-7,9,15H,8,10,18H2,1H3. The number of nitrogens with zero attached hydrogens (tertiary/aromatic N) is 2. The SMILES string of the molecule is CN(Cc1cccnc1)C(CN)c1cc(F)ccc1Br. The highest BCUT2D eigenvalue weighted by molar-refractivity contribution is 9.10. The van der Waals surface area contributed by atoms with Crippen LogP contribution < -0.4 is 5.73 Å². The minimum atomic E-state index is -0.253. The van der Waals surface area contributed by atoms with E-state index in [9.17, 15) is 4.39 Å². The molecule has 1 aromatic heterocycles. The topological polar surface area (TPSA) is 42.2 Å². The molecule has 0 spiro atoms. The van der Waals surface area contributed by atoms with Crippen molar-refractivity contribution < 1.29 is 4.39 Å². The Hall–Kier alpha value is -1.30. The fraction of sp³-hybridized carbons (Fsp3) is 0.267. The van der Waals surface area contributed by atoms with Crippen molar-refractivity contribution in [3.05, 3.63) is 64.1 Å². The lowest BCUT2D eigenvalue weighted by atomic mass is 10.0. The van der Waals surface area contributed by atoms with Gasteiger partial charge in [-0.15, -0.1) is 0 Å². The van der Waals surface area contributed by atoms with Gasteiger partial charge in [-0.3, -0.25) is 9.88 Å². The first-order valence-corrected chi connectivity index (χ1v) is 7.15. The predicted octanol–water partition coefficient (Wildman–Crippen LogP) is 3.12. The molecule has 0 bridgehead atoms. The Balaban J connectivity index is 2.21. The van der Waals surface area contributed by atoms with Crippen molar-refractivity contribution in [1.29, 1.82) is 0 Å². The molecule has 0 saturated carbocycles. The Morgan fingerprint density at radius 2 is 2.20 bits per heavy atom. The Morgan fingerprint density at radius 3 is 2.85 bits per heavy atom. The largest absolute Gasteiger partial charge is 0.329 e. The minimum Gasteiger partial charge on any atom is -0.329 e. The maximum Gasteiger partial charge on any atom is 0.123 e. The molecule has 0 saturated heterocycles. The molecule has 0 radical (unpaired) electrons. The van der Waals surface area contributed by atoms with E-state index < -0.39 is 0 Å². The molecule has 20 heavy (non-hydrogen) atoms. The molecule has 0 aliphatic rings. The van der Waals surface area contributed by atoms with Gasteiger partial charge in [-0.25, -0.2) is 4.39 Å². The molecular formula is C15H17BrFN3. The van der Waals surface area contributed by atoms with E-state index in [4.69, 9.17) is 5.73 Å². The summed E-state index contributed by atoms with van der Waals surface area (Å²) in [5, 5.41) is 0. The number of halogens is 2. The van der Waals surface area contributed by atoms with Gasteiger partial charge in [0.1, 0.15) is 5.82 Å². The van der Waals surface area contributed by atoms with E-state index in [0.717, 1.165) is 15.6 Å². The lowest BCUT2D eigenvalue weighted by molar-refractivity contribution is 0.240. The van der Waals surface area contributed by atoms with E-state index in [1.807, 2.05) is 25.4 Å². The molecule has 1 aromatic carbocycles. The number of likely N-dealkylation sites (N-methyl/N-ethyl adjacent to an activating group) is 1. The Bertz CT molecular complexity index is 562. The van der Waals surface area contributed by atoms with Crippen molar-refractivity contribution in [2.45, 2.75) is 12.6 Å². The Morgan fingerprint density at radius 1 is 1.40 bits per heavy atom. The van der Waals surface area contributed by atoms with E-state index in [-0.39, 0.29) is 11.9 Å². The molecule has 2 rings (SSSR count). The summed E-state index contributed by atoms with van der Waals surface area (Å²) < 4.78 is 14.3. The van der Waals surface area contributed by atoms with Gasteiger partial charge in [0.2, 0.25) is 0 Å². The van der Waals surface area contributed by atoms with Gasteiger partial charge in [0.25, 0.3) is 0 Å². The first-order valence-electron chi connectivity index (χ1n) is 6.36. The molecule has 5 heteroatoms. The minimum absolute atomic E-state index is 0.0553. The van der Waals surface area contributed by atoms with Gasteiger partial charge in [-0.1, -0.05) is 22.0 Å². The molecule has 1 heterocycles. The number of hydrogen-bond acceptors (Lipinski definition) is 3. The van der Waals surface area contributed by atoms with Crippen LogP contribution in [0.5, 0.6) is 0 Å². The number of hydrogen-bond donors (Lipinski definition) is 1. The highest BCUT2D eigenvalue weighted by atomic mass is 79.9. The molecule has 106 valence electrons. The van der Waals surface area contributed by atoms with Crippen molar-refractivity contribution in [1.82, 2.24) is 9.88 Å². The molecule has 1 atom stereocenters. The molecule has 0 aliphatic carbocycles. The number of benzene rings is 1. The molecule has 1 unspecified atom stereocenters. The summed E-state index contributed by atoms with van der Waals surface area (Å²) in [4.78, 5) is 6.19.